The van der Waals surface area contributed by atoms with Gasteiger partial charge in [-0.3, -0.25) is 9.59 Å². The molecule has 1 fully saturated rings. The summed E-state index contributed by atoms with van der Waals surface area (Å²) >= 11 is 0. The Morgan fingerprint density at radius 2 is 1.55 bits per heavy atom. The number of hydrogen-bond donors (Lipinski definition) is 2. The Morgan fingerprint density at radius 3 is 2.00 bits per heavy atom. The van der Waals surface area contributed by atoms with Crippen LogP contribution in [-0.2, 0) is 9.59 Å². The molecule has 1 saturated heterocycles. The zero-order valence-corrected chi connectivity index (χ0v) is 16.0. The summed E-state index contributed by atoms with van der Waals surface area (Å²) < 4.78 is 0. The van der Waals surface area contributed by atoms with Crippen LogP contribution in [0.3, 0.4) is 0 Å². The lowest BCUT2D eigenvalue weighted by Gasteiger charge is -2.29. The lowest BCUT2D eigenvalue weighted by atomic mass is 9.97. The highest BCUT2D eigenvalue weighted by Gasteiger charge is 2.25. The van der Waals surface area contributed by atoms with E-state index in [2.05, 4.69) is 5.32 Å². The second-order valence-corrected chi connectivity index (χ2v) is 7.03. The number of carbonyl (C=O) groups is 2. The minimum absolute atomic E-state index is 0.00985. The normalized spacial score (nSPS) is 15.0. The summed E-state index contributed by atoms with van der Waals surface area (Å²) in [6, 6.07) is 20.8. The molecule has 2 aromatic rings. The molecule has 29 heavy (non-hydrogen) atoms. The molecule has 0 bridgehead atoms. The molecule has 0 atom stereocenters. The number of likely N-dealkylation sites (tertiary alicyclic amines) is 1. The largest absolute Gasteiger partial charge is 0.481 e. The van der Waals surface area contributed by atoms with Crippen LogP contribution in [0.2, 0.25) is 0 Å². The molecular weight excluding hydrogens is 366 g/mol. The fraction of sp³-hybridized carbons (Fsp3) is 0.261. The van der Waals surface area contributed by atoms with E-state index in [9.17, 15) is 14.9 Å². The summed E-state index contributed by atoms with van der Waals surface area (Å²) in [4.78, 5) is 25.8. The van der Waals surface area contributed by atoms with Gasteiger partial charge >= 0.3 is 5.97 Å². The second kappa shape index (κ2) is 9.56. The van der Waals surface area contributed by atoms with Gasteiger partial charge in [-0.2, -0.15) is 5.26 Å². The minimum atomic E-state index is -0.791. The molecule has 0 saturated carbocycles. The fourth-order valence-corrected chi connectivity index (χ4v) is 3.46. The van der Waals surface area contributed by atoms with Gasteiger partial charge in [0.15, 0.2) is 0 Å². The topological polar surface area (TPSA) is 93.4 Å². The number of carboxylic acids is 1. The molecule has 0 spiro atoms. The third kappa shape index (κ3) is 5.23. The molecule has 0 unspecified atom stereocenters. The standard InChI is InChI=1S/C23H23N3O3/c24-15-20(16-26-13-11-19(12-14-26)23(28)29)22(27)25-21(17-7-3-1-4-8-17)18-9-5-2-6-10-18/h1-10,16,19,21H,11-14H2,(H,25,27)(H,28,29)/b20-16-. The molecule has 1 aliphatic rings. The maximum atomic E-state index is 12.9. The molecule has 0 aliphatic carbocycles. The predicted octanol–water partition coefficient (Wildman–Crippen LogP) is 3.10. The number of piperidine rings is 1. The zero-order valence-electron chi connectivity index (χ0n) is 16.0. The Morgan fingerprint density at radius 1 is 1.03 bits per heavy atom. The van der Waals surface area contributed by atoms with Gasteiger partial charge in [-0.25, -0.2) is 0 Å². The number of hydrogen-bond acceptors (Lipinski definition) is 4. The number of benzene rings is 2. The van der Waals surface area contributed by atoms with Crippen LogP contribution in [0.25, 0.3) is 0 Å². The van der Waals surface area contributed by atoms with Crippen molar-refractivity contribution in [2.45, 2.75) is 18.9 Å². The SMILES string of the molecule is N#C/C(=C/N1CCC(C(=O)O)CC1)C(=O)NC(c1ccccc1)c1ccccc1. The van der Waals surface area contributed by atoms with Gasteiger partial charge in [0, 0.05) is 19.3 Å². The second-order valence-electron chi connectivity index (χ2n) is 7.03. The highest BCUT2D eigenvalue weighted by atomic mass is 16.4. The van der Waals surface area contributed by atoms with Crippen LogP contribution in [0.15, 0.2) is 72.4 Å². The van der Waals surface area contributed by atoms with Gasteiger partial charge in [0.05, 0.1) is 12.0 Å². The van der Waals surface area contributed by atoms with Crippen molar-refractivity contribution >= 4 is 11.9 Å². The summed E-state index contributed by atoms with van der Waals surface area (Å²) in [5.74, 6) is -1.61. The van der Waals surface area contributed by atoms with Crippen molar-refractivity contribution in [3.05, 3.63) is 83.6 Å². The van der Waals surface area contributed by atoms with Gasteiger partial charge in [0.1, 0.15) is 11.6 Å². The van der Waals surface area contributed by atoms with Crippen LogP contribution >= 0.6 is 0 Å². The van der Waals surface area contributed by atoms with Crippen molar-refractivity contribution < 1.29 is 14.7 Å². The Bertz CT molecular complexity index is 872. The zero-order chi connectivity index (χ0) is 20.6. The molecule has 2 aromatic carbocycles. The average Bonchev–Trinajstić information content (AvgIpc) is 2.77. The number of carboxylic acid groups (broad SMARTS) is 1. The van der Waals surface area contributed by atoms with E-state index in [-0.39, 0.29) is 17.5 Å². The Hall–Kier alpha value is -3.59. The van der Waals surface area contributed by atoms with E-state index in [4.69, 9.17) is 5.11 Å². The summed E-state index contributed by atoms with van der Waals surface area (Å²) in [6.07, 6.45) is 2.55. The molecular formula is C23H23N3O3. The maximum Gasteiger partial charge on any atom is 0.306 e. The molecule has 148 valence electrons. The molecule has 0 aromatic heterocycles. The van der Waals surface area contributed by atoms with E-state index in [0.29, 0.717) is 25.9 Å². The van der Waals surface area contributed by atoms with E-state index in [0.717, 1.165) is 11.1 Å². The van der Waals surface area contributed by atoms with E-state index >= 15 is 0 Å². The summed E-state index contributed by atoms with van der Waals surface area (Å²) in [5, 5.41) is 21.6. The van der Waals surface area contributed by atoms with Gasteiger partial charge in [-0.1, -0.05) is 60.7 Å². The van der Waals surface area contributed by atoms with Crippen LogP contribution in [0.1, 0.15) is 30.0 Å². The fourth-order valence-electron chi connectivity index (χ4n) is 3.46. The predicted molar refractivity (Wildman–Crippen MR) is 108 cm³/mol. The summed E-state index contributed by atoms with van der Waals surface area (Å²) in [5.41, 5.74) is 1.86. The van der Waals surface area contributed by atoms with Crippen LogP contribution in [0.5, 0.6) is 0 Å². The molecule has 1 heterocycles. The van der Waals surface area contributed by atoms with Crippen LogP contribution in [0, 0.1) is 17.2 Å². The molecule has 0 radical (unpaired) electrons. The highest BCUT2D eigenvalue weighted by molar-refractivity contribution is 5.97. The van der Waals surface area contributed by atoms with Crippen molar-refractivity contribution in [1.29, 1.82) is 5.26 Å². The van der Waals surface area contributed by atoms with Gasteiger partial charge < -0.3 is 15.3 Å². The third-order valence-electron chi connectivity index (χ3n) is 5.10. The lowest BCUT2D eigenvalue weighted by molar-refractivity contribution is -0.143. The first-order chi connectivity index (χ1) is 14.1. The number of amides is 1. The number of aliphatic carboxylic acids is 1. The number of carbonyl (C=O) groups excluding carboxylic acids is 1. The third-order valence-corrected chi connectivity index (χ3v) is 5.10. The monoisotopic (exact) mass is 389 g/mol. The first kappa shape index (κ1) is 20.2. The molecule has 6 heteroatoms. The van der Waals surface area contributed by atoms with Gasteiger partial charge in [-0.15, -0.1) is 0 Å². The van der Waals surface area contributed by atoms with Crippen LogP contribution in [0.4, 0.5) is 0 Å². The first-order valence-corrected chi connectivity index (χ1v) is 9.58. The quantitative estimate of drug-likeness (QED) is 0.585. The summed E-state index contributed by atoms with van der Waals surface area (Å²) in [7, 11) is 0. The summed E-state index contributed by atoms with van der Waals surface area (Å²) in [6.45, 7) is 1.02. The van der Waals surface area contributed by atoms with E-state index in [1.807, 2.05) is 71.6 Å². The lowest BCUT2D eigenvalue weighted by Crippen LogP contribution is -2.35. The maximum absolute atomic E-state index is 12.9. The molecule has 3 rings (SSSR count). The molecule has 6 nitrogen and oxygen atoms in total. The number of nitrogens with one attached hydrogen (secondary N) is 1. The van der Waals surface area contributed by atoms with Gasteiger partial charge in [0.25, 0.3) is 5.91 Å². The van der Waals surface area contributed by atoms with Crippen molar-refractivity contribution in [1.82, 2.24) is 10.2 Å². The molecule has 2 N–H and O–H groups in total. The van der Waals surface area contributed by atoms with E-state index < -0.39 is 11.9 Å². The first-order valence-electron chi connectivity index (χ1n) is 9.58. The molecule has 1 aliphatic heterocycles. The number of rotatable bonds is 6. The molecule has 1 amide bonds. The van der Waals surface area contributed by atoms with E-state index in [1.165, 1.54) is 0 Å². The Kier molecular flexibility index (Phi) is 6.64. The Balaban J connectivity index is 1.76. The average molecular weight is 389 g/mol. The highest BCUT2D eigenvalue weighted by Crippen LogP contribution is 2.23. The number of nitrogens with zero attached hydrogens (tertiary/aromatic N) is 2. The number of nitriles is 1. The van der Waals surface area contributed by atoms with Crippen molar-refractivity contribution in [2.75, 3.05) is 13.1 Å². The van der Waals surface area contributed by atoms with Crippen molar-refractivity contribution in [2.24, 2.45) is 5.92 Å². The van der Waals surface area contributed by atoms with Gasteiger partial charge in [0.2, 0.25) is 0 Å². The smallest absolute Gasteiger partial charge is 0.306 e. The van der Waals surface area contributed by atoms with Crippen molar-refractivity contribution in [3.8, 4) is 6.07 Å². The van der Waals surface area contributed by atoms with Gasteiger partial charge in [-0.05, 0) is 24.0 Å². The minimum Gasteiger partial charge on any atom is -0.481 e. The van der Waals surface area contributed by atoms with E-state index in [1.54, 1.807) is 6.20 Å². The van der Waals surface area contributed by atoms with Crippen molar-refractivity contribution in [3.63, 3.8) is 0 Å². The van der Waals surface area contributed by atoms with Crippen LogP contribution < -0.4 is 5.32 Å². The van der Waals surface area contributed by atoms with Crippen LogP contribution in [-0.4, -0.2) is 35.0 Å². The Labute approximate surface area is 170 Å².